The predicted molar refractivity (Wildman–Crippen MR) is 78.7 cm³/mol. The number of halogens is 1. The highest BCUT2D eigenvalue weighted by molar-refractivity contribution is 6.13. The fourth-order valence-electron chi connectivity index (χ4n) is 2.67. The van der Waals surface area contributed by atoms with Crippen LogP contribution in [0, 0.1) is 5.82 Å². The second-order valence-corrected chi connectivity index (χ2v) is 5.30. The van der Waals surface area contributed by atoms with Crippen molar-refractivity contribution >= 4 is 17.4 Å². The van der Waals surface area contributed by atoms with Crippen LogP contribution < -0.4 is 5.32 Å². The van der Waals surface area contributed by atoms with Gasteiger partial charge in [-0.15, -0.1) is 0 Å². The van der Waals surface area contributed by atoms with E-state index in [2.05, 4.69) is 10.3 Å². The molecule has 0 radical (unpaired) electrons. The number of nitrogens with one attached hydrogen (secondary N) is 2. The Morgan fingerprint density at radius 3 is 2.82 bits per heavy atom. The average molecular weight is 302 g/mol. The van der Waals surface area contributed by atoms with Gasteiger partial charge in [-0.25, -0.2) is 4.39 Å². The van der Waals surface area contributed by atoms with E-state index in [1.165, 1.54) is 18.3 Å². The largest absolute Gasteiger partial charge is 0.508 e. The number of benzene rings is 1. The van der Waals surface area contributed by atoms with Gasteiger partial charge < -0.3 is 15.4 Å². The molecular formula is C16H15FN2O3. The Labute approximate surface area is 126 Å². The Balaban J connectivity index is 1.90. The number of rotatable bonds is 2. The Hall–Kier alpha value is -2.63. The number of carbonyl (C=O) groups excluding carboxylic acids is 2. The highest BCUT2D eigenvalue weighted by Crippen LogP contribution is 2.25. The lowest BCUT2D eigenvalue weighted by atomic mass is 10.0. The van der Waals surface area contributed by atoms with Gasteiger partial charge in [0.05, 0.1) is 16.8 Å². The number of H-pyrrole nitrogens is 1. The lowest BCUT2D eigenvalue weighted by molar-refractivity contribution is 0.0965. The van der Waals surface area contributed by atoms with Gasteiger partial charge in [0.15, 0.2) is 5.78 Å². The zero-order valence-corrected chi connectivity index (χ0v) is 11.8. The first-order valence-electron chi connectivity index (χ1n) is 7.09. The van der Waals surface area contributed by atoms with E-state index >= 15 is 0 Å². The van der Waals surface area contributed by atoms with E-state index in [0.29, 0.717) is 12.0 Å². The lowest BCUT2D eigenvalue weighted by Gasteiger charge is -2.07. The number of anilines is 1. The summed E-state index contributed by atoms with van der Waals surface area (Å²) in [5, 5.41) is 11.6. The summed E-state index contributed by atoms with van der Waals surface area (Å²) >= 11 is 0. The predicted octanol–water partition coefficient (Wildman–Crippen LogP) is 3.02. The number of aromatic nitrogens is 1. The van der Waals surface area contributed by atoms with Crippen molar-refractivity contribution in [1.82, 2.24) is 4.98 Å². The standard InChI is InChI=1S/C16H15FN2O3/c17-11-7-9(20)5-6-12(11)19-16(22)10-8-18-13-3-1-2-4-14(21)15(10)13/h5-8,18,20H,1-4H2,(H,19,22). The third kappa shape index (κ3) is 2.59. The van der Waals surface area contributed by atoms with Crippen molar-refractivity contribution < 1.29 is 19.1 Å². The van der Waals surface area contributed by atoms with Crippen LogP contribution in [0.3, 0.4) is 0 Å². The first-order valence-corrected chi connectivity index (χ1v) is 7.09. The molecule has 0 aliphatic heterocycles. The molecule has 1 heterocycles. The number of amides is 1. The highest BCUT2D eigenvalue weighted by atomic mass is 19.1. The fourth-order valence-corrected chi connectivity index (χ4v) is 2.67. The summed E-state index contributed by atoms with van der Waals surface area (Å²) in [6.45, 7) is 0. The molecule has 22 heavy (non-hydrogen) atoms. The number of fused-ring (bicyclic) bond motifs is 1. The topological polar surface area (TPSA) is 82.2 Å². The molecule has 0 spiro atoms. The molecule has 3 N–H and O–H groups in total. The third-order valence-corrected chi connectivity index (χ3v) is 3.77. The molecule has 1 amide bonds. The Morgan fingerprint density at radius 2 is 2.05 bits per heavy atom. The minimum absolute atomic E-state index is 0.0428. The van der Waals surface area contributed by atoms with Gasteiger partial charge in [0.25, 0.3) is 5.91 Å². The van der Waals surface area contributed by atoms with Crippen molar-refractivity contribution in [3.63, 3.8) is 0 Å². The molecule has 3 rings (SSSR count). The summed E-state index contributed by atoms with van der Waals surface area (Å²) in [4.78, 5) is 27.5. The van der Waals surface area contributed by atoms with Gasteiger partial charge >= 0.3 is 0 Å². The molecule has 0 fully saturated rings. The molecule has 114 valence electrons. The molecule has 1 aromatic carbocycles. The summed E-state index contributed by atoms with van der Waals surface area (Å²) < 4.78 is 13.7. The maximum Gasteiger partial charge on any atom is 0.258 e. The molecule has 1 aliphatic carbocycles. The quantitative estimate of drug-likeness (QED) is 0.589. The lowest BCUT2D eigenvalue weighted by Crippen LogP contribution is -2.16. The van der Waals surface area contributed by atoms with Crippen LogP contribution in [0.2, 0.25) is 0 Å². The van der Waals surface area contributed by atoms with Crippen LogP contribution in [0.15, 0.2) is 24.4 Å². The summed E-state index contributed by atoms with van der Waals surface area (Å²) in [6, 6.07) is 3.47. The maximum atomic E-state index is 13.7. The molecule has 1 aliphatic rings. The number of aromatic hydroxyl groups is 1. The third-order valence-electron chi connectivity index (χ3n) is 3.77. The van der Waals surface area contributed by atoms with Crippen LogP contribution >= 0.6 is 0 Å². The monoisotopic (exact) mass is 302 g/mol. The van der Waals surface area contributed by atoms with E-state index in [9.17, 15) is 19.1 Å². The van der Waals surface area contributed by atoms with Gasteiger partial charge in [-0.1, -0.05) is 0 Å². The molecule has 5 nitrogen and oxygen atoms in total. The van der Waals surface area contributed by atoms with Crippen LogP contribution in [0.5, 0.6) is 5.75 Å². The van der Waals surface area contributed by atoms with Crippen LogP contribution in [0.25, 0.3) is 0 Å². The van der Waals surface area contributed by atoms with Gasteiger partial charge in [-0.3, -0.25) is 9.59 Å². The Morgan fingerprint density at radius 1 is 1.27 bits per heavy atom. The van der Waals surface area contributed by atoms with Crippen molar-refractivity contribution in [2.75, 3.05) is 5.32 Å². The Kier molecular flexibility index (Phi) is 3.66. The normalized spacial score (nSPS) is 14.3. The number of hydrogen-bond acceptors (Lipinski definition) is 3. The molecule has 2 aromatic rings. The van der Waals surface area contributed by atoms with Crippen molar-refractivity contribution in [1.29, 1.82) is 0 Å². The molecule has 0 unspecified atom stereocenters. The van der Waals surface area contributed by atoms with Crippen LogP contribution in [0.1, 0.15) is 45.7 Å². The molecule has 0 atom stereocenters. The molecule has 1 aromatic heterocycles. The zero-order chi connectivity index (χ0) is 15.7. The van der Waals surface area contributed by atoms with E-state index in [1.54, 1.807) is 0 Å². The molecule has 0 bridgehead atoms. The highest BCUT2D eigenvalue weighted by Gasteiger charge is 2.25. The van der Waals surface area contributed by atoms with E-state index in [-0.39, 0.29) is 22.8 Å². The van der Waals surface area contributed by atoms with Gasteiger partial charge in [0.1, 0.15) is 11.6 Å². The second-order valence-electron chi connectivity index (χ2n) is 5.30. The minimum atomic E-state index is -0.735. The summed E-state index contributed by atoms with van der Waals surface area (Å²) in [6.07, 6.45) is 4.32. The SMILES string of the molecule is O=C(Nc1ccc(O)cc1F)c1c[nH]c2c1C(=O)CCCC2. The van der Waals surface area contributed by atoms with Crippen molar-refractivity contribution in [2.24, 2.45) is 0 Å². The van der Waals surface area contributed by atoms with E-state index in [4.69, 9.17) is 0 Å². The average Bonchev–Trinajstić information content (AvgIpc) is 2.82. The minimum Gasteiger partial charge on any atom is -0.508 e. The number of hydrogen-bond donors (Lipinski definition) is 3. The smallest absolute Gasteiger partial charge is 0.258 e. The van der Waals surface area contributed by atoms with Gasteiger partial charge in [0, 0.05) is 24.4 Å². The van der Waals surface area contributed by atoms with Crippen LogP contribution in [-0.2, 0) is 6.42 Å². The summed E-state index contributed by atoms with van der Waals surface area (Å²) in [7, 11) is 0. The van der Waals surface area contributed by atoms with E-state index < -0.39 is 11.7 Å². The maximum absolute atomic E-state index is 13.7. The van der Waals surface area contributed by atoms with E-state index in [1.807, 2.05) is 0 Å². The first-order chi connectivity index (χ1) is 10.6. The Bertz CT molecular complexity index is 752. The fraction of sp³-hybridized carbons (Fsp3) is 0.250. The number of carbonyl (C=O) groups is 2. The molecule has 0 saturated carbocycles. The van der Waals surface area contributed by atoms with Crippen LogP contribution in [-0.4, -0.2) is 21.8 Å². The van der Waals surface area contributed by atoms with Crippen LogP contribution in [0.4, 0.5) is 10.1 Å². The van der Waals surface area contributed by atoms with Gasteiger partial charge in [0.2, 0.25) is 0 Å². The number of aryl methyl sites for hydroxylation is 1. The van der Waals surface area contributed by atoms with Crippen molar-refractivity contribution in [2.45, 2.75) is 25.7 Å². The number of ketones is 1. The summed E-state index contributed by atoms with van der Waals surface area (Å²) in [5.74, 6) is -1.56. The zero-order valence-electron chi connectivity index (χ0n) is 11.8. The van der Waals surface area contributed by atoms with Crippen molar-refractivity contribution in [3.8, 4) is 5.75 Å². The molecule has 0 saturated heterocycles. The summed E-state index contributed by atoms with van der Waals surface area (Å²) in [5.41, 5.74) is 1.36. The number of aromatic amines is 1. The van der Waals surface area contributed by atoms with Gasteiger partial charge in [-0.2, -0.15) is 0 Å². The number of phenolic OH excluding ortho intramolecular Hbond substituents is 1. The second kappa shape index (κ2) is 5.63. The number of Topliss-reactive ketones (excluding diaryl/α,β-unsaturated/α-hetero) is 1. The molecular weight excluding hydrogens is 287 g/mol. The van der Waals surface area contributed by atoms with Gasteiger partial charge in [-0.05, 0) is 31.4 Å². The van der Waals surface area contributed by atoms with Crippen molar-refractivity contribution in [3.05, 3.63) is 47.0 Å². The number of phenols is 1. The van der Waals surface area contributed by atoms with E-state index in [0.717, 1.165) is 31.0 Å². The first kappa shape index (κ1) is 14.3. The molecule has 6 heteroatoms.